The molecule has 1 aliphatic heterocycles. The number of nitrogens with two attached hydrogens (primary N) is 1. The Balaban J connectivity index is 2.16. The first-order chi connectivity index (χ1) is 9.86. The maximum atomic E-state index is 12.6. The number of likely N-dealkylation sites (N-methyl/N-ethyl adjacent to an activating group) is 2. The molecule has 1 atom stereocenters. The van der Waals surface area contributed by atoms with Crippen LogP contribution in [0.5, 0.6) is 0 Å². The number of rotatable bonds is 6. The molecule has 0 saturated carbocycles. The van der Waals surface area contributed by atoms with Crippen molar-refractivity contribution in [2.45, 2.75) is 43.7 Å². The van der Waals surface area contributed by atoms with Crippen molar-refractivity contribution in [1.29, 1.82) is 0 Å². The van der Waals surface area contributed by atoms with Crippen molar-refractivity contribution < 1.29 is 8.42 Å². The topological polar surface area (TPSA) is 84.5 Å². The number of hydrogen-bond donors (Lipinski definition) is 1. The third-order valence-electron chi connectivity index (χ3n) is 4.04. The maximum Gasteiger partial charge on any atom is 0.248 e. The Morgan fingerprint density at radius 1 is 1.52 bits per heavy atom. The average molecular weight is 315 g/mol. The molecule has 21 heavy (non-hydrogen) atoms. The lowest BCUT2D eigenvalue weighted by atomic mass is 10.2. The van der Waals surface area contributed by atoms with E-state index in [1.165, 1.54) is 10.5 Å². The van der Waals surface area contributed by atoms with Crippen molar-refractivity contribution in [3.05, 3.63) is 6.20 Å². The van der Waals surface area contributed by atoms with Gasteiger partial charge in [-0.15, -0.1) is 0 Å². The molecule has 0 aromatic carbocycles. The molecule has 2 rings (SSSR count). The number of aryl methyl sites for hydroxylation is 1. The molecule has 1 aromatic heterocycles. The highest BCUT2D eigenvalue weighted by atomic mass is 32.2. The summed E-state index contributed by atoms with van der Waals surface area (Å²) in [6.45, 7) is 4.18. The summed E-state index contributed by atoms with van der Waals surface area (Å²) in [7, 11) is 0.0630. The van der Waals surface area contributed by atoms with E-state index in [4.69, 9.17) is 5.73 Å². The van der Waals surface area contributed by atoms with Crippen LogP contribution in [-0.4, -0.2) is 60.6 Å². The SMILES string of the molecule is CCCn1cc(S(=O)(=O)N(C)CC2CCCN2C)c(N)n1. The fourth-order valence-electron chi connectivity index (χ4n) is 2.73. The molecule has 0 radical (unpaired) electrons. The van der Waals surface area contributed by atoms with Gasteiger partial charge in [0.05, 0.1) is 0 Å². The number of aromatic nitrogens is 2. The average Bonchev–Trinajstić information content (AvgIpc) is 2.97. The predicted octanol–water partition coefficient (Wildman–Crippen LogP) is 0.590. The van der Waals surface area contributed by atoms with E-state index in [2.05, 4.69) is 10.00 Å². The third kappa shape index (κ3) is 3.38. The van der Waals surface area contributed by atoms with Crippen LogP contribution >= 0.6 is 0 Å². The molecule has 0 aliphatic carbocycles. The Morgan fingerprint density at radius 3 is 2.81 bits per heavy atom. The summed E-state index contributed by atoms with van der Waals surface area (Å²) in [6.07, 6.45) is 4.55. The van der Waals surface area contributed by atoms with Crippen LogP contribution in [-0.2, 0) is 16.6 Å². The second kappa shape index (κ2) is 6.33. The summed E-state index contributed by atoms with van der Waals surface area (Å²) >= 11 is 0. The minimum atomic E-state index is -3.58. The molecule has 7 nitrogen and oxygen atoms in total. The van der Waals surface area contributed by atoms with Crippen molar-refractivity contribution in [1.82, 2.24) is 19.0 Å². The van der Waals surface area contributed by atoms with Gasteiger partial charge >= 0.3 is 0 Å². The van der Waals surface area contributed by atoms with Gasteiger partial charge in [-0.05, 0) is 32.9 Å². The number of sulfonamides is 1. The van der Waals surface area contributed by atoms with Crippen LogP contribution in [0.15, 0.2) is 11.1 Å². The zero-order valence-electron chi connectivity index (χ0n) is 13.0. The van der Waals surface area contributed by atoms with Gasteiger partial charge in [0.25, 0.3) is 0 Å². The van der Waals surface area contributed by atoms with Crippen LogP contribution in [0, 0.1) is 0 Å². The molecule has 1 unspecified atom stereocenters. The molecule has 2 heterocycles. The lowest BCUT2D eigenvalue weighted by Crippen LogP contribution is -2.39. The smallest absolute Gasteiger partial charge is 0.248 e. The summed E-state index contributed by atoms with van der Waals surface area (Å²) in [4.78, 5) is 2.31. The Morgan fingerprint density at radius 2 is 2.24 bits per heavy atom. The summed E-state index contributed by atoms with van der Waals surface area (Å²) in [6, 6.07) is 0.275. The Kier molecular flexibility index (Phi) is 4.90. The first-order valence-electron chi connectivity index (χ1n) is 7.35. The van der Waals surface area contributed by atoms with Crippen molar-refractivity contribution >= 4 is 15.8 Å². The minimum Gasteiger partial charge on any atom is -0.381 e. The van der Waals surface area contributed by atoms with Gasteiger partial charge in [-0.3, -0.25) is 4.68 Å². The van der Waals surface area contributed by atoms with Gasteiger partial charge in [0, 0.05) is 32.4 Å². The van der Waals surface area contributed by atoms with E-state index >= 15 is 0 Å². The van der Waals surface area contributed by atoms with Crippen LogP contribution in [0.1, 0.15) is 26.2 Å². The molecule has 2 N–H and O–H groups in total. The van der Waals surface area contributed by atoms with Gasteiger partial charge in [-0.1, -0.05) is 6.92 Å². The lowest BCUT2D eigenvalue weighted by Gasteiger charge is -2.25. The zero-order chi connectivity index (χ0) is 15.6. The fourth-order valence-corrected chi connectivity index (χ4v) is 4.00. The van der Waals surface area contributed by atoms with Gasteiger partial charge in [0.15, 0.2) is 5.82 Å². The van der Waals surface area contributed by atoms with Crippen molar-refractivity contribution in [2.75, 3.05) is 32.9 Å². The van der Waals surface area contributed by atoms with Crippen molar-refractivity contribution in [3.63, 3.8) is 0 Å². The molecule has 1 fully saturated rings. The van der Waals surface area contributed by atoms with E-state index in [1.807, 2.05) is 14.0 Å². The first kappa shape index (κ1) is 16.3. The van der Waals surface area contributed by atoms with Crippen LogP contribution in [0.3, 0.4) is 0 Å². The van der Waals surface area contributed by atoms with E-state index in [9.17, 15) is 8.42 Å². The molecular formula is C13H25N5O2S. The molecule has 120 valence electrons. The zero-order valence-corrected chi connectivity index (χ0v) is 13.8. The Hall–Kier alpha value is -1.12. The number of anilines is 1. The first-order valence-corrected chi connectivity index (χ1v) is 8.79. The van der Waals surface area contributed by atoms with Gasteiger partial charge in [-0.25, -0.2) is 8.42 Å². The minimum absolute atomic E-state index is 0.0788. The largest absolute Gasteiger partial charge is 0.381 e. The third-order valence-corrected chi connectivity index (χ3v) is 5.88. The number of nitrogens with zero attached hydrogens (tertiary/aromatic N) is 4. The van der Waals surface area contributed by atoms with Gasteiger partial charge in [-0.2, -0.15) is 9.40 Å². The van der Waals surface area contributed by atoms with E-state index < -0.39 is 10.0 Å². The number of likely N-dealkylation sites (tertiary alicyclic amines) is 1. The number of nitrogen functional groups attached to an aromatic ring is 1. The fraction of sp³-hybridized carbons (Fsp3) is 0.769. The predicted molar refractivity (Wildman–Crippen MR) is 82.4 cm³/mol. The normalized spacial score (nSPS) is 20.5. The quantitative estimate of drug-likeness (QED) is 0.830. The van der Waals surface area contributed by atoms with E-state index in [0.717, 1.165) is 25.8 Å². The molecule has 0 bridgehead atoms. The van der Waals surface area contributed by atoms with E-state index in [-0.39, 0.29) is 16.8 Å². The van der Waals surface area contributed by atoms with Crippen molar-refractivity contribution in [2.24, 2.45) is 0 Å². The monoisotopic (exact) mass is 315 g/mol. The van der Waals surface area contributed by atoms with Crippen LogP contribution in [0.2, 0.25) is 0 Å². The molecule has 1 saturated heterocycles. The van der Waals surface area contributed by atoms with Crippen molar-refractivity contribution in [3.8, 4) is 0 Å². The molecular weight excluding hydrogens is 290 g/mol. The van der Waals surface area contributed by atoms with Crippen LogP contribution < -0.4 is 5.73 Å². The summed E-state index contributed by atoms with van der Waals surface area (Å²) in [5.41, 5.74) is 5.78. The van der Waals surface area contributed by atoms with Gasteiger partial charge in [0.2, 0.25) is 10.0 Å². The molecule has 8 heteroatoms. The summed E-state index contributed by atoms with van der Waals surface area (Å²) in [5.74, 6) is 0.0788. The molecule has 1 aliphatic rings. The standard InChI is InChI=1S/C13H25N5O2S/c1-4-7-18-10-12(13(14)15-18)21(19,20)17(3)9-11-6-5-8-16(11)2/h10-11H,4-9H2,1-3H3,(H2,14,15). The Labute approximate surface area is 126 Å². The van der Waals surface area contributed by atoms with E-state index in [1.54, 1.807) is 11.7 Å². The highest BCUT2D eigenvalue weighted by molar-refractivity contribution is 7.89. The van der Waals surface area contributed by atoms with Gasteiger partial charge in [0.1, 0.15) is 4.90 Å². The second-order valence-corrected chi connectivity index (χ2v) is 7.72. The molecule has 1 aromatic rings. The maximum absolute atomic E-state index is 12.6. The highest BCUT2D eigenvalue weighted by Crippen LogP contribution is 2.23. The second-order valence-electron chi connectivity index (χ2n) is 5.70. The van der Waals surface area contributed by atoms with Crippen LogP contribution in [0.25, 0.3) is 0 Å². The van der Waals surface area contributed by atoms with Gasteiger partial charge < -0.3 is 10.6 Å². The highest BCUT2D eigenvalue weighted by Gasteiger charge is 2.30. The number of hydrogen-bond acceptors (Lipinski definition) is 5. The molecule has 0 spiro atoms. The lowest BCUT2D eigenvalue weighted by molar-refractivity contribution is 0.271. The summed E-state index contributed by atoms with van der Waals surface area (Å²) < 4.78 is 28.3. The van der Waals surface area contributed by atoms with Crippen LogP contribution in [0.4, 0.5) is 5.82 Å². The van der Waals surface area contributed by atoms with E-state index in [0.29, 0.717) is 13.1 Å². The molecule has 0 amide bonds. The summed E-state index contributed by atoms with van der Waals surface area (Å²) in [5, 5.41) is 4.07. The Bertz CT molecular complexity index is 583.